The summed E-state index contributed by atoms with van der Waals surface area (Å²) in [5.74, 6) is 3.17. The van der Waals surface area contributed by atoms with Crippen molar-refractivity contribution in [2.45, 2.75) is 18.3 Å². The summed E-state index contributed by atoms with van der Waals surface area (Å²) in [5, 5.41) is 0. The summed E-state index contributed by atoms with van der Waals surface area (Å²) < 4.78 is 9.99. The van der Waals surface area contributed by atoms with E-state index in [9.17, 15) is 4.79 Å². The molecule has 3 nitrogen and oxygen atoms in total. The normalized spacial score (nSPS) is 15.8. The summed E-state index contributed by atoms with van der Waals surface area (Å²) in [5.41, 5.74) is 1.16. The number of hydrogen-bond donors (Lipinski definition) is 0. The Morgan fingerprint density at radius 1 is 1.41 bits per heavy atom. The van der Waals surface area contributed by atoms with Gasteiger partial charge in [0.2, 0.25) is 0 Å². The zero-order chi connectivity index (χ0) is 12.5. The predicted molar refractivity (Wildman–Crippen MR) is 64.1 cm³/mol. The van der Waals surface area contributed by atoms with Crippen LogP contribution in [0.3, 0.4) is 0 Å². The van der Waals surface area contributed by atoms with Crippen molar-refractivity contribution in [3.63, 3.8) is 0 Å². The van der Waals surface area contributed by atoms with Crippen LogP contribution in [0.1, 0.15) is 28.8 Å². The van der Waals surface area contributed by atoms with E-state index in [1.54, 1.807) is 25.3 Å². The lowest BCUT2D eigenvalue weighted by atomic mass is 9.94. The van der Waals surface area contributed by atoms with E-state index < -0.39 is 0 Å². The molecule has 0 atom stereocenters. The number of esters is 1. The molecule has 0 spiro atoms. The summed E-state index contributed by atoms with van der Waals surface area (Å²) >= 11 is 0. The van der Waals surface area contributed by atoms with Crippen molar-refractivity contribution in [1.29, 1.82) is 0 Å². The zero-order valence-corrected chi connectivity index (χ0v) is 9.95. The minimum atomic E-state index is -0.360. The summed E-state index contributed by atoms with van der Waals surface area (Å²) in [7, 11) is 2.96. The fraction of sp³-hybridized carbons (Fsp3) is 0.357. The van der Waals surface area contributed by atoms with Crippen LogP contribution in [0.15, 0.2) is 18.2 Å². The van der Waals surface area contributed by atoms with Crippen molar-refractivity contribution in [2.24, 2.45) is 0 Å². The van der Waals surface area contributed by atoms with E-state index in [1.165, 1.54) is 7.11 Å². The highest BCUT2D eigenvalue weighted by molar-refractivity contribution is 5.90. The third-order valence-corrected chi connectivity index (χ3v) is 3.16. The molecule has 0 aliphatic heterocycles. The second kappa shape index (κ2) is 4.14. The number of benzene rings is 1. The molecule has 0 aromatic heterocycles. The number of rotatable bonds is 3. The molecular formula is C14H14O3. The largest absolute Gasteiger partial charge is 0.496 e. The van der Waals surface area contributed by atoms with Gasteiger partial charge in [-0.25, -0.2) is 4.79 Å². The van der Waals surface area contributed by atoms with Gasteiger partial charge in [0.25, 0.3) is 0 Å². The Morgan fingerprint density at radius 3 is 2.59 bits per heavy atom. The zero-order valence-electron chi connectivity index (χ0n) is 9.95. The fourth-order valence-electron chi connectivity index (χ4n) is 1.94. The average Bonchev–Trinajstić information content (AvgIpc) is 3.18. The van der Waals surface area contributed by atoms with Gasteiger partial charge in [0, 0.05) is 5.56 Å². The van der Waals surface area contributed by atoms with Crippen LogP contribution in [0.2, 0.25) is 0 Å². The van der Waals surface area contributed by atoms with Crippen molar-refractivity contribution in [2.75, 3.05) is 14.2 Å². The Labute approximate surface area is 101 Å². The van der Waals surface area contributed by atoms with Gasteiger partial charge in [0.05, 0.1) is 25.2 Å². The Balaban J connectivity index is 2.49. The lowest BCUT2D eigenvalue weighted by molar-refractivity contribution is 0.0600. The molecule has 1 aliphatic rings. The third kappa shape index (κ3) is 1.87. The van der Waals surface area contributed by atoms with E-state index >= 15 is 0 Å². The third-order valence-electron chi connectivity index (χ3n) is 3.16. The highest BCUT2D eigenvalue weighted by atomic mass is 16.5. The van der Waals surface area contributed by atoms with E-state index in [4.69, 9.17) is 15.9 Å². The number of carbonyl (C=O) groups excluding carboxylic acids is 1. The monoisotopic (exact) mass is 230 g/mol. The molecule has 1 aromatic rings. The van der Waals surface area contributed by atoms with Crippen LogP contribution in [0, 0.1) is 12.3 Å². The van der Waals surface area contributed by atoms with Gasteiger partial charge in [-0.2, -0.15) is 0 Å². The van der Waals surface area contributed by atoms with Gasteiger partial charge in [0.15, 0.2) is 0 Å². The van der Waals surface area contributed by atoms with Crippen LogP contribution >= 0.6 is 0 Å². The van der Waals surface area contributed by atoms with E-state index in [0.29, 0.717) is 5.56 Å². The van der Waals surface area contributed by atoms with E-state index in [0.717, 1.165) is 24.2 Å². The maximum atomic E-state index is 11.5. The van der Waals surface area contributed by atoms with Gasteiger partial charge in [-0.15, -0.1) is 6.42 Å². The first-order chi connectivity index (χ1) is 8.16. The minimum absolute atomic E-state index is 0.255. The second-order valence-corrected chi connectivity index (χ2v) is 4.13. The van der Waals surface area contributed by atoms with Crippen LogP contribution < -0.4 is 4.74 Å². The van der Waals surface area contributed by atoms with Crippen LogP contribution in [-0.4, -0.2) is 20.2 Å². The topological polar surface area (TPSA) is 35.5 Å². The first-order valence-electron chi connectivity index (χ1n) is 5.41. The molecule has 1 saturated carbocycles. The molecule has 1 fully saturated rings. The lowest BCUT2D eigenvalue weighted by Gasteiger charge is -2.14. The quantitative estimate of drug-likeness (QED) is 0.589. The molecule has 1 aliphatic carbocycles. The highest BCUT2D eigenvalue weighted by Gasteiger charge is 2.45. The summed E-state index contributed by atoms with van der Waals surface area (Å²) in [6.45, 7) is 0. The average molecular weight is 230 g/mol. The molecule has 0 unspecified atom stereocenters. The van der Waals surface area contributed by atoms with Gasteiger partial charge in [-0.05, 0) is 31.0 Å². The van der Waals surface area contributed by atoms with Crippen LogP contribution in [0.4, 0.5) is 0 Å². The van der Waals surface area contributed by atoms with Gasteiger partial charge < -0.3 is 9.47 Å². The molecule has 17 heavy (non-hydrogen) atoms. The first-order valence-corrected chi connectivity index (χ1v) is 5.41. The SMILES string of the molecule is C#CC1(c2cc(C(=O)OC)ccc2OC)CC1. The number of methoxy groups -OCH3 is 2. The van der Waals surface area contributed by atoms with Crippen molar-refractivity contribution >= 4 is 5.97 Å². The number of hydrogen-bond acceptors (Lipinski definition) is 3. The smallest absolute Gasteiger partial charge is 0.337 e. The van der Waals surface area contributed by atoms with Gasteiger partial charge in [-0.3, -0.25) is 0 Å². The number of carbonyl (C=O) groups is 1. The van der Waals surface area contributed by atoms with Crippen LogP contribution in [0.25, 0.3) is 0 Å². The Kier molecular flexibility index (Phi) is 2.81. The highest BCUT2D eigenvalue weighted by Crippen LogP contribution is 2.50. The first kappa shape index (κ1) is 11.5. The fourth-order valence-corrected chi connectivity index (χ4v) is 1.94. The van der Waals surface area contributed by atoms with E-state index in [1.807, 2.05) is 0 Å². The molecule has 0 amide bonds. The molecule has 0 heterocycles. The standard InChI is InChI=1S/C14H14O3/c1-4-14(7-8-14)11-9-10(13(15)17-3)5-6-12(11)16-2/h1,5-6,9H,7-8H2,2-3H3. The Hall–Kier alpha value is -1.95. The van der Waals surface area contributed by atoms with Gasteiger partial charge >= 0.3 is 5.97 Å². The van der Waals surface area contributed by atoms with Gasteiger partial charge in [0.1, 0.15) is 5.75 Å². The number of ether oxygens (including phenoxy) is 2. The molecule has 1 aromatic carbocycles. The van der Waals surface area contributed by atoms with Crippen molar-refractivity contribution < 1.29 is 14.3 Å². The molecule has 88 valence electrons. The summed E-state index contributed by atoms with van der Waals surface area (Å²) in [6, 6.07) is 5.22. The van der Waals surface area contributed by atoms with Crippen molar-refractivity contribution in [3.8, 4) is 18.1 Å². The predicted octanol–water partition coefficient (Wildman–Crippen LogP) is 2.15. The lowest BCUT2D eigenvalue weighted by Crippen LogP contribution is -2.09. The molecule has 3 heteroatoms. The van der Waals surface area contributed by atoms with Crippen LogP contribution in [-0.2, 0) is 10.2 Å². The molecule has 2 rings (SSSR count). The number of terminal acetylenes is 1. The minimum Gasteiger partial charge on any atom is -0.496 e. The molecule has 0 radical (unpaired) electrons. The Morgan fingerprint density at radius 2 is 2.12 bits per heavy atom. The summed E-state index contributed by atoms with van der Waals surface area (Å²) in [4.78, 5) is 11.5. The molecule has 0 N–H and O–H groups in total. The Bertz CT molecular complexity index is 493. The van der Waals surface area contributed by atoms with Gasteiger partial charge in [-0.1, -0.05) is 5.92 Å². The van der Waals surface area contributed by atoms with Crippen molar-refractivity contribution in [1.82, 2.24) is 0 Å². The molecule has 0 saturated heterocycles. The molecular weight excluding hydrogens is 216 g/mol. The molecule has 0 bridgehead atoms. The second-order valence-electron chi connectivity index (χ2n) is 4.13. The van der Waals surface area contributed by atoms with E-state index in [2.05, 4.69) is 5.92 Å². The van der Waals surface area contributed by atoms with Crippen LogP contribution in [0.5, 0.6) is 5.75 Å². The maximum absolute atomic E-state index is 11.5. The van der Waals surface area contributed by atoms with Crippen molar-refractivity contribution in [3.05, 3.63) is 29.3 Å². The summed E-state index contributed by atoms with van der Waals surface area (Å²) in [6.07, 6.45) is 7.43. The van der Waals surface area contributed by atoms with E-state index in [-0.39, 0.29) is 11.4 Å². The maximum Gasteiger partial charge on any atom is 0.337 e.